The van der Waals surface area contributed by atoms with E-state index >= 15 is 0 Å². The van der Waals surface area contributed by atoms with E-state index in [0.717, 1.165) is 16.4 Å². The van der Waals surface area contributed by atoms with E-state index in [2.05, 4.69) is 9.97 Å². The van der Waals surface area contributed by atoms with Crippen molar-refractivity contribution in [2.45, 2.75) is 5.16 Å². The van der Waals surface area contributed by atoms with Gasteiger partial charge < -0.3 is 0 Å². The van der Waals surface area contributed by atoms with Crippen molar-refractivity contribution in [2.24, 2.45) is 0 Å². The summed E-state index contributed by atoms with van der Waals surface area (Å²) < 4.78 is 0. The summed E-state index contributed by atoms with van der Waals surface area (Å²) in [6.45, 7) is 0. The molecule has 0 aliphatic heterocycles. The van der Waals surface area contributed by atoms with E-state index in [-0.39, 0.29) is 0 Å². The van der Waals surface area contributed by atoms with Gasteiger partial charge in [0.15, 0.2) is 5.16 Å². The molecule has 0 aliphatic carbocycles. The summed E-state index contributed by atoms with van der Waals surface area (Å²) >= 11 is 7.61. The highest BCUT2D eigenvalue weighted by Gasteiger charge is 2.04. The Kier molecular flexibility index (Phi) is 3.23. The van der Waals surface area contributed by atoms with Crippen molar-refractivity contribution in [2.75, 3.05) is 6.26 Å². The zero-order valence-corrected chi connectivity index (χ0v) is 9.72. The Bertz CT molecular complexity index is 474. The normalized spacial score (nSPS) is 10.3. The number of halogens is 1. The molecule has 0 radical (unpaired) electrons. The second kappa shape index (κ2) is 4.64. The smallest absolute Gasteiger partial charge is 0.187 e. The van der Waals surface area contributed by atoms with E-state index in [1.54, 1.807) is 6.20 Å². The Hall–Kier alpha value is -1.06. The largest absolute Gasteiger partial charge is 0.231 e. The van der Waals surface area contributed by atoms with Crippen LogP contribution in [-0.4, -0.2) is 16.2 Å². The van der Waals surface area contributed by atoms with Gasteiger partial charge in [-0.05, 0) is 18.4 Å². The standard InChI is InChI=1S/C11H9ClN2S/c1-15-11-13-7-6-10(14-11)8-4-2-3-5-9(8)12/h2-7H,1H3. The van der Waals surface area contributed by atoms with Gasteiger partial charge in [-0.2, -0.15) is 0 Å². The third-order valence-corrected chi connectivity index (χ3v) is 2.86. The minimum atomic E-state index is 0.711. The van der Waals surface area contributed by atoms with Crippen LogP contribution in [0.25, 0.3) is 11.3 Å². The molecule has 1 aromatic carbocycles. The maximum absolute atomic E-state index is 6.09. The summed E-state index contributed by atoms with van der Waals surface area (Å²) in [6.07, 6.45) is 3.70. The molecule has 1 aromatic heterocycles. The molecular formula is C11H9ClN2S. The van der Waals surface area contributed by atoms with Crippen molar-refractivity contribution in [1.82, 2.24) is 9.97 Å². The molecule has 2 aromatic rings. The summed E-state index contributed by atoms with van der Waals surface area (Å²) in [5.74, 6) is 0. The summed E-state index contributed by atoms with van der Waals surface area (Å²) in [5, 5.41) is 1.47. The molecule has 2 rings (SSSR count). The predicted octanol–water partition coefficient (Wildman–Crippen LogP) is 3.52. The van der Waals surface area contributed by atoms with Gasteiger partial charge in [-0.3, -0.25) is 0 Å². The first-order chi connectivity index (χ1) is 7.31. The number of benzene rings is 1. The van der Waals surface area contributed by atoms with E-state index in [0.29, 0.717) is 5.02 Å². The van der Waals surface area contributed by atoms with Gasteiger partial charge >= 0.3 is 0 Å². The molecule has 2 nitrogen and oxygen atoms in total. The molecule has 0 aliphatic rings. The van der Waals surface area contributed by atoms with E-state index < -0.39 is 0 Å². The van der Waals surface area contributed by atoms with Gasteiger partial charge in [-0.25, -0.2) is 9.97 Å². The lowest BCUT2D eigenvalue weighted by atomic mass is 10.1. The van der Waals surface area contributed by atoms with Crippen molar-refractivity contribution in [3.05, 3.63) is 41.6 Å². The van der Waals surface area contributed by atoms with Gasteiger partial charge in [0.05, 0.1) is 5.69 Å². The highest BCUT2D eigenvalue weighted by molar-refractivity contribution is 7.98. The zero-order chi connectivity index (χ0) is 10.7. The van der Waals surface area contributed by atoms with Crippen LogP contribution in [0.5, 0.6) is 0 Å². The molecule has 0 unspecified atom stereocenters. The molecule has 76 valence electrons. The highest BCUT2D eigenvalue weighted by Crippen LogP contribution is 2.26. The SMILES string of the molecule is CSc1nccc(-c2ccccc2Cl)n1. The minimum Gasteiger partial charge on any atom is -0.231 e. The van der Waals surface area contributed by atoms with Gasteiger partial charge in [0.1, 0.15) is 0 Å². The third kappa shape index (κ3) is 2.30. The molecule has 15 heavy (non-hydrogen) atoms. The molecule has 0 N–H and O–H groups in total. The van der Waals surface area contributed by atoms with Crippen molar-refractivity contribution in [1.29, 1.82) is 0 Å². The first-order valence-corrected chi connectivity index (χ1v) is 6.03. The summed E-state index contributed by atoms with van der Waals surface area (Å²) in [7, 11) is 0. The van der Waals surface area contributed by atoms with E-state index in [9.17, 15) is 0 Å². The Morgan fingerprint density at radius 2 is 2.00 bits per heavy atom. The Labute approximate surface area is 97.7 Å². The first kappa shape index (κ1) is 10.5. The van der Waals surface area contributed by atoms with Crippen molar-refractivity contribution >= 4 is 23.4 Å². The second-order valence-electron chi connectivity index (χ2n) is 2.91. The van der Waals surface area contributed by atoms with Crippen LogP contribution in [0.3, 0.4) is 0 Å². The summed E-state index contributed by atoms with van der Waals surface area (Å²) in [4.78, 5) is 8.51. The van der Waals surface area contributed by atoms with Gasteiger partial charge in [-0.15, -0.1) is 0 Å². The van der Waals surface area contributed by atoms with Crippen LogP contribution in [0.15, 0.2) is 41.7 Å². The average molecular weight is 237 g/mol. The predicted molar refractivity (Wildman–Crippen MR) is 64.3 cm³/mol. The number of hydrogen-bond acceptors (Lipinski definition) is 3. The van der Waals surface area contributed by atoms with Crippen LogP contribution in [0.2, 0.25) is 5.02 Å². The molecule has 0 saturated carbocycles. The molecular weight excluding hydrogens is 228 g/mol. The summed E-state index contributed by atoms with van der Waals surface area (Å²) in [6, 6.07) is 9.53. The lowest BCUT2D eigenvalue weighted by molar-refractivity contribution is 0.976. The van der Waals surface area contributed by atoms with Crippen molar-refractivity contribution in [3.63, 3.8) is 0 Å². The Morgan fingerprint density at radius 3 is 2.73 bits per heavy atom. The molecule has 0 atom stereocenters. The van der Waals surface area contributed by atoms with Gasteiger partial charge in [-0.1, -0.05) is 41.6 Å². The van der Waals surface area contributed by atoms with Crippen LogP contribution in [0.1, 0.15) is 0 Å². The third-order valence-electron chi connectivity index (χ3n) is 1.97. The quantitative estimate of drug-likeness (QED) is 0.590. The molecule has 4 heteroatoms. The number of aromatic nitrogens is 2. The van der Waals surface area contributed by atoms with Gasteiger partial charge in [0.2, 0.25) is 0 Å². The molecule has 1 heterocycles. The fourth-order valence-electron chi connectivity index (χ4n) is 1.26. The van der Waals surface area contributed by atoms with Crippen LogP contribution in [0, 0.1) is 0 Å². The monoisotopic (exact) mass is 236 g/mol. The topological polar surface area (TPSA) is 25.8 Å². The second-order valence-corrected chi connectivity index (χ2v) is 4.09. The van der Waals surface area contributed by atoms with Crippen LogP contribution in [-0.2, 0) is 0 Å². The summed E-state index contributed by atoms with van der Waals surface area (Å²) in [5.41, 5.74) is 1.80. The number of thioether (sulfide) groups is 1. The maximum atomic E-state index is 6.09. The molecule has 0 amide bonds. The molecule has 0 spiro atoms. The number of hydrogen-bond donors (Lipinski definition) is 0. The molecule has 0 bridgehead atoms. The minimum absolute atomic E-state index is 0.711. The Morgan fingerprint density at radius 1 is 1.20 bits per heavy atom. The van der Waals surface area contributed by atoms with E-state index in [1.807, 2.05) is 36.6 Å². The lowest BCUT2D eigenvalue weighted by Gasteiger charge is -2.03. The highest BCUT2D eigenvalue weighted by atomic mass is 35.5. The molecule has 0 saturated heterocycles. The van der Waals surface area contributed by atoms with Gasteiger partial charge in [0.25, 0.3) is 0 Å². The van der Waals surface area contributed by atoms with Crippen molar-refractivity contribution in [3.8, 4) is 11.3 Å². The van der Waals surface area contributed by atoms with E-state index in [4.69, 9.17) is 11.6 Å². The first-order valence-electron chi connectivity index (χ1n) is 4.43. The average Bonchev–Trinajstić information content (AvgIpc) is 2.30. The molecule has 0 fully saturated rings. The maximum Gasteiger partial charge on any atom is 0.187 e. The van der Waals surface area contributed by atoms with Crippen LogP contribution < -0.4 is 0 Å². The zero-order valence-electron chi connectivity index (χ0n) is 8.14. The number of nitrogens with zero attached hydrogens (tertiary/aromatic N) is 2. The lowest BCUT2D eigenvalue weighted by Crippen LogP contribution is -1.89. The van der Waals surface area contributed by atoms with Crippen LogP contribution >= 0.6 is 23.4 Å². The van der Waals surface area contributed by atoms with Gasteiger partial charge in [0, 0.05) is 16.8 Å². The van der Waals surface area contributed by atoms with Crippen LogP contribution in [0.4, 0.5) is 0 Å². The fraction of sp³-hybridized carbons (Fsp3) is 0.0909. The fourth-order valence-corrected chi connectivity index (χ4v) is 1.85. The van der Waals surface area contributed by atoms with Crippen molar-refractivity contribution < 1.29 is 0 Å². The number of rotatable bonds is 2. The Balaban J connectivity index is 2.49. The van der Waals surface area contributed by atoms with E-state index in [1.165, 1.54) is 11.8 Å².